The van der Waals surface area contributed by atoms with Crippen molar-refractivity contribution in [1.82, 2.24) is 0 Å². The fourth-order valence-electron chi connectivity index (χ4n) is 3.53. The molecule has 0 aliphatic carbocycles. The second kappa shape index (κ2) is 25.7. The van der Waals surface area contributed by atoms with E-state index in [2.05, 4.69) is 13.8 Å². The van der Waals surface area contributed by atoms with E-state index in [1.54, 1.807) is 0 Å². The molecule has 4 nitrogen and oxygen atoms in total. The maximum absolute atomic E-state index is 11.7. The number of unbranched alkanes of at least 4 members (excludes halogenated alkanes) is 18. The monoisotopic (exact) mass is 442 g/mol. The van der Waals surface area contributed by atoms with Crippen molar-refractivity contribution in [1.29, 1.82) is 0 Å². The van der Waals surface area contributed by atoms with Gasteiger partial charge in [0.1, 0.15) is 0 Å². The molecule has 0 rings (SSSR count). The summed E-state index contributed by atoms with van der Waals surface area (Å²) in [4.78, 5) is 0. The Morgan fingerprint density at radius 1 is 0.433 bits per heavy atom. The Morgan fingerprint density at radius 3 is 0.933 bits per heavy atom. The third-order valence-corrected chi connectivity index (χ3v) is 6.36. The summed E-state index contributed by atoms with van der Waals surface area (Å²) in [5.41, 5.74) is 0. The van der Waals surface area contributed by atoms with Crippen LogP contribution in [-0.4, -0.2) is 40.5 Å². The molecule has 0 unspecified atom stereocenters. The van der Waals surface area contributed by atoms with E-state index in [1.807, 2.05) is 0 Å². The normalized spacial score (nSPS) is 11.5. The Morgan fingerprint density at radius 2 is 0.667 bits per heavy atom. The minimum absolute atomic E-state index is 0. The summed E-state index contributed by atoms with van der Waals surface area (Å²) in [6.07, 6.45) is 24.4. The Kier molecular flexibility index (Phi) is 28.0. The predicted molar refractivity (Wildman–Crippen MR) is 132 cm³/mol. The Balaban J connectivity index is 0. The molecule has 0 aromatic rings. The van der Waals surface area contributed by atoms with E-state index < -0.39 is 10.4 Å². The average molecular weight is 443 g/mol. The molecule has 0 radical (unpaired) electrons. The second-order valence-corrected chi connectivity index (χ2v) is 9.70. The zero-order chi connectivity index (χ0) is 21.5. The fraction of sp³-hybridized carbons (Fsp3) is 1.00. The molecule has 0 amide bonds. The van der Waals surface area contributed by atoms with E-state index in [9.17, 15) is 8.42 Å². The summed E-state index contributed by atoms with van der Waals surface area (Å²) in [5, 5.41) is 0. The van der Waals surface area contributed by atoms with Crippen LogP contribution in [0.4, 0.5) is 0 Å². The zero-order valence-electron chi connectivity index (χ0n) is 19.6. The van der Waals surface area contributed by atoms with Gasteiger partial charge >= 0.3 is 29.3 Å². The van der Waals surface area contributed by atoms with Gasteiger partial charge in [0.15, 0.2) is 0 Å². The molecule has 0 saturated heterocycles. The summed E-state index contributed by atoms with van der Waals surface area (Å²) < 4.78 is 33.3. The minimum atomic E-state index is -3.80. The van der Waals surface area contributed by atoms with E-state index >= 15 is 0 Å². The molecule has 0 spiro atoms. The maximum atomic E-state index is 11.7. The molecule has 0 aliphatic rings. The van der Waals surface area contributed by atoms with Crippen molar-refractivity contribution in [3.63, 3.8) is 0 Å². The molecule has 0 heterocycles. The van der Waals surface area contributed by atoms with Crippen LogP contribution in [0.15, 0.2) is 0 Å². The quantitative estimate of drug-likeness (QED) is 0.115. The molecule has 178 valence electrons. The molecule has 0 fully saturated rings. The van der Waals surface area contributed by atoms with Gasteiger partial charge in [-0.05, 0) is 12.8 Å². The number of hydrogen-bond acceptors (Lipinski definition) is 4. The van der Waals surface area contributed by atoms with Crippen LogP contribution in [0.3, 0.4) is 0 Å². The van der Waals surface area contributed by atoms with Crippen LogP contribution in [0, 0.1) is 0 Å². The van der Waals surface area contributed by atoms with Gasteiger partial charge in [-0.25, -0.2) is 8.37 Å². The molecule has 0 N–H and O–H groups in total. The van der Waals surface area contributed by atoms with Gasteiger partial charge in [0, 0.05) is 0 Å². The zero-order valence-corrected chi connectivity index (χ0v) is 20.4. The van der Waals surface area contributed by atoms with Gasteiger partial charge in [-0.15, -0.1) is 0 Å². The molecule has 0 aromatic carbocycles. The van der Waals surface area contributed by atoms with Gasteiger partial charge in [-0.3, -0.25) is 0 Å². The van der Waals surface area contributed by atoms with Gasteiger partial charge < -0.3 is 0 Å². The summed E-state index contributed by atoms with van der Waals surface area (Å²) in [6.45, 7) is 4.98. The van der Waals surface area contributed by atoms with Crippen LogP contribution in [0.2, 0.25) is 0 Å². The van der Waals surface area contributed by atoms with E-state index in [-0.39, 0.29) is 32.1 Å². The van der Waals surface area contributed by atoms with Crippen molar-refractivity contribution in [3.05, 3.63) is 0 Å². The Hall–Kier alpha value is 0.467. The van der Waals surface area contributed by atoms with Crippen LogP contribution < -0.4 is 0 Å². The van der Waals surface area contributed by atoms with Crippen LogP contribution in [-0.2, 0) is 18.8 Å². The first kappa shape index (κ1) is 32.6. The van der Waals surface area contributed by atoms with Crippen molar-refractivity contribution in [2.45, 2.75) is 142 Å². The van der Waals surface area contributed by atoms with Crippen molar-refractivity contribution in [3.8, 4) is 0 Å². The molecular formula is C24H51LiO4S. The van der Waals surface area contributed by atoms with Crippen LogP contribution in [0.25, 0.3) is 0 Å². The molecule has 0 aliphatic heterocycles. The van der Waals surface area contributed by atoms with E-state index in [1.165, 1.54) is 89.9 Å². The topological polar surface area (TPSA) is 52.6 Å². The van der Waals surface area contributed by atoms with E-state index in [4.69, 9.17) is 8.37 Å². The number of hydrogen-bond donors (Lipinski definition) is 0. The van der Waals surface area contributed by atoms with Crippen molar-refractivity contribution in [2.24, 2.45) is 0 Å². The third-order valence-electron chi connectivity index (χ3n) is 5.45. The van der Waals surface area contributed by atoms with Gasteiger partial charge in [0.05, 0.1) is 13.2 Å². The molecular weight excluding hydrogens is 391 g/mol. The summed E-state index contributed by atoms with van der Waals surface area (Å²) in [7, 11) is -3.80. The van der Waals surface area contributed by atoms with Crippen LogP contribution in [0.1, 0.15) is 142 Å². The molecule has 30 heavy (non-hydrogen) atoms. The molecule has 0 bridgehead atoms. The summed E-state index contributed by atoms with van der Waals surface area (Å²) in [5.74, 6) is 0. The second-order valence-electron chi connectivity index (χ2n) is 8.42. The summed E-state index contributed by atoms with van der Waals surface area (Å²) in [6, 6.07) is 0. The van der Waals surface area contributed by atoms with Gasteiger partial charge in [0.2, 0.25) is 0 Å². The van der Waals surface area contributed by atoms with E-state index in [0.717, 1.165) is 38.5 Å². The van der Waals surface area contributed by atoms with E-state index in [0.29, 0.717) is 0 Å². The van der Waals surface area contributed by atoms with Gasteiger partial charge in [-0.1, -0.05) is 129 Å². The first-order valence-electron chi connectivity index (χ1n) is 12.7. The molecule has 6 heteroatoms. The summed E-state index contributed by atoms with van der Waals surface area (Å²) >= 11 is 0. The van der Waals surface area contributed by atoms with Gasteiger partial charge in [0.25, 0.3) is 0 Å². The molecule has 0 saturated carbocycles. The van der Waals surface area contributed by atoms with Crippen LogP contribution >= 0.6 is 0 Å². The van der Waals surface area contributed by atoms with Crippen molar-refractivity contribution >= 4 is 29.3 Å². The van der Waals surface area contributed by atoms with Gasteiger partial charge in [-0.2, -0.15) is 8.42 Å². The van der Waals surface area contributed by atoms with Crippen molar-refractivity contribution < 1.29 is 16.8 Å². The third kappa shape index (κ3) is 26.5. The average Bonchev–Trinajstić information content (AvgIpc) is 2.70. The SMILES string of the molecule is CCCCCCCCCCCCOS(=O)(=O)OCCCCCCCCCCCC.[LiH]. The first-order chi connectivity index (χ1) is 14.1. The van der Waals surface area contributed by atoms with Crippen molar-refractivity contribution in [2.75, 3.05) is 13.2 Å². The number of rotatable bonds is 24. The standard InChI is InChI=1S/C24H50O4S.Li.H/c1-3-5-7-9-11-13-15-17-19-21-23-27-29(25,26)28-24-22-20-18-16-14-12-10-8-6-4-2;;/h3-24H2,1-2H3;;. The Labute approximate surface area is 201 Å². The fourth-order valence-corrected chi connectivity index (χ4v) is 4.25. The molecule has 0 atom stereocenters. The Bertz CT molecular complexity index is 383. The molecule has 0 aromatic heterocycles. The van der Waals surface area contributed by atoms with Crippen LogP contribution in [0.5, 0.6) is 0 Å². The predicted octanol–water partition coefficient (Wildman–Crippen LogP) is 7.46. The first-order valence-corrected chi connectivity index (χ1v) is 14.0.